The van der Waals surface area contributed by atoms with Crippen LogP contribution in [0.15, 0.2) is 9.31 Å². The average Bonchev–Trinajstić information content (AvgIpc) is 3.14. The summed E-state index contributed by atoms with van der Waals surface area (Å²) >= 11 is 5.92. The van der Waals surface area contributed by atoms with E-state index in [4.69, 9.17) is 16.0 Å². The number of rotatable bonds is 7. The van der Waals surface area contributed by atoms with Crippen LogP contribution in [0.3, 0.4) is 0 Å². The average molecular weight is 320 g/mol. The van der Waals surface area contributed by atoms with E-state index in [-0.39, 0.29) is 16.8 Å². The van der Waals surface area contributed by atoms with Gasteiger partial charge >= 0.3 is 0 Å². The van der Waals surface area contributed by atoms with Gasteiger partial charge in [0.25, 0.3) is 0 Å². The molecule has 0 unspecified atom stereocenters. The van der Waals surface area contributed by atoms with E-state index in [0.717, 1.165) is 25.7 Å². The second kappa shape index (κ2) is 6.08. The van der Waals surface area contributed by atoms with Gasteiger partial charge in [-0.1, -0.05) is 13.3 Å². The van der Waals surface area contributed by atoms with Crippen LogP contribution in [0.4, 0.5) is 0 Å². The van der Waals surface area contributed by atoms with E-state index in [2.05, 4.69) is 6.92 Å². The quantitative estimate of drug-likeness (QED) is 0.722. The molecule has 0 atom stereocenters. The molecule has 1 heterocycles. The van der Waals surface area contributed by atoms with Gasteiger partial charge in [0.1, 0.15) is 16.4 Å². The zero-order valence-electron chi connectivity index (χ0n) is 12.3. The molecular weight excluding hydrogens is 298 g/mol. The molecule has 0 aliphatic heterocycles. The van der Waals surface area contributed by atoms with Gasteiger partial charge in [0, 0.05) is 18.2 Å². The summed E-state index contributed by atoms with van der Waals surface area (Å²) in [6, 6.07) is 0.157. The monoisotopic (exact) mass is 319 g/mol. The molecule has 4 nitrogen and oxygen atoms in total. The van der Waals surface area contributed by atoms with Gasteiger partial charge in [-0.15, -0.1) is 11.6 Å². The Bertz CT molecular complexity index is 575. The number of hydrogen-bond acceptors (Lipinski definition) is 3. The van der Waals surface area contributed by atoms with Gasteiger partial charge in [-0.25, -0.2) is 8.42 Å². The first-order valence-electron chi connectivity index (χ1n) is 7.10. The van der Waals surface area contributed by atoms with Crippen molar-refractivity contribution in [1.82, 2.24) is 4.31 Å². The maximum atomic E-state index is 12.9. The van der Waals surface area contributed by atoms with Gasteiger partial charge in [-0.2, -0.15) is 4.31 Å². The normalized spacial score (nSPS) is 16.1. The molecule has 2 rings (SSSR count). The third-order valence-electron chi connectivity index (χ3n) is 3.71. The van der Waals surface area contributed by atoms with Crippen LogP contribution in [0.2, 0.25) is 0 Å². The van der Waals surface area contributed by atoms with Crippen molar-refractivity contribution in [1.29, 1.82) is 0 Å². The molecule has 1 aliphatic carbocycles. The first-order chi connectivity index (χ1) is 9.43. The topological polar surface area (TPSA) is 50.5 Å². The molecule has 1 aromatic heterocycles. The van der Waals surface area contributed by atoms with Crippen molar-refractivity contribution in [3.63, 3.8) is 0 Å². The SMILES string of the molecule is CCCCN(C1CC1)S(=O)(=O)c1c(C)oc(C)c1CCl. The minimum Gasteiger partial charge on any atom is -0.465 e. The van der Waals surface area contributed by atoms with Crippen molar-refractivity contribution in [2.24, 2.45) is 0 Å². The highest BCUT2D eigenvalue weighted by Gasteiger charge is 2.40. The lowest BCUT2D eigenvalue weighted by molar-refractivity contribution is 0.394. The van der Waals surface area contributed by atoms with Crippen molar-refractivity contribution in [3.8, 4) is 0 Å². The van der Waals surface area contributed by atoms with E-state index in [1.54, 1.807) is 18.2 Å². The van der Waals surface area contributed by atoms with Crippen molar-refractivity contribution in [2.45, 2.75) is 63.3 Å². The molecule has 0 spiro atoms. The van der Waals surface area contributed by atoms with E-state index < -0.39 is 10.0 Å². The van der Waals surface area contributed by atoms with Crippen molar-refractivity contribution in [3.05, 3.63) is 17.1 Å². The minimum atomic E-state index is -3.51. The summed E-state index contributed by atoms with van der Waals surface area (Å²) in [6.07, 6.45) is 3.76. The minimum absolute atomic E-state index is 0.157. The summed E-state index contributed by atoms with van der Waals surface area (Å²) in [4.78, 5) is 0.285. The van der Waals surface area contributed by atoms with Gasteiger partial charge in [0.15, 0.2) is 0 Å². The molecule has 0 radical (unpaired) electrons. The van der Waals surface area contributed by atoms with E-state index >= 15 is 0 Å². The molecule has 0 amide bonds. The molecule has 1 fully saturated rings. The Kier molecular flexibility index (Phi) is 4.82. The number of hydrogen-bond donors (Lipinski definition) is 0. The lowest BCUT2D eigenvalue weighted by Gasteiger charge is -2.22. The number of furan rings is 1. The van der Waals surface area contributed by atoms with Crippen LogP contribution in [-0.4, -0.2) is 25.3 Å². The lowest BCUT2D eigenvalue weighted by atomic mass is 10.3. The Labute approximate surface area is 126 Å². The highest BCUT2D eigenvalue weighted by Crippen LogP contribution is 2.36. The zero-order valence-corrected chi connectivity index (χ0v) is 13.9. The van der Waals surface area contributed by atoms with Gasteiger partial charge in [0.2, 0.25) is 10.0 Å². The second-order valence-electron chi connectivity index (χ2n) is 5.36. The first kappa shape index (κ1) is 15.9. The Morgan fingerprint density at radius 1 is 1.30 bits per heavy atom. The van der Waals surface area contributed by atoms with Crippen molar-refractivity contribution >= 4 is 21.6 Å². The molecule has 0 saturated heterocycles. The number of aryl methyl sites for hydroxylation is 2. The van der Waals surface area contributed by atoms with Crippen LogP contribution in [0.25, 0.3) is 0 Å². The van der Waals surface area contributed by atoms with Gasteiger partial charge in [-0.3, -0.25) is 0 Å². The molecule has 20 heavy (non-hydrogen) atoms. The van der Waals surface area contributed by atoms with Gasteiger partial charge in [0.05, 0.1) is 5.88 Å². The Balaban J connectivity index is 2.42. The Morgan fingerprint density at radius 3 is 2.45 bits per heavy atom. The van der Waals surface area contributed by atoms with E-state index in [1.807, 2.05) is 0 Å². The van der Waals surface area contributed by atoms with Crippen molar-refractivity contribution in [2.75, 3.05) is 6.54 Å². The number of sulfonamides is 1. The number of nitrogens with zero attached hydrogens (tertiary/aromatic N) is 1. The summed E-state index contributed by atoms with van der Waals surface area (Å²) in [7, 11) is -3.51. The van der Waals surface area contributed by atoms with Crippen LogP contribution < -0.4 is 0 Å². The Morgan fingerprint density at radius 2 is 1.95 bits per heavy atom. The molecule has 1 aromatic rings. The summed E-state index contributed by atoms with van der Waals surface area (Å²) in [5.41, 5.74) is 0.603. The highest BCUT2D eigenvalue weighted by molar-refractivity contribution is 7.89. The van der Waals surface area contributed by atoms with Crippen LogP contribution >= 0.6 is 11.6 Å². The third-order valence-corrected chi connectivity index (χ3v) is 6.13. The first-order valence-corrected chi connectivity index (χ1v) is 9.07. The molecule has 0 bridgehead atoms. The largest absolute Gasteiger partial charge is 0.465 e. The summed E-state index contributed by atoms with van der Waals surface area (Å²) in [6.45, 7) is 6.10. The molecule has 114 valence electrons. The van der Waals surface area contributed by atoms with Crippen LogP contribution in [0.1, 0.15) is 49.7 Å². The fraction of sp³-hybridized carbons (Fsp3) is 0.714. The molecule has 0 aromatic carbocycles. The summed E-state index contributed by atoms with van der Waals surface area (Å²) in [5, 5.41) is 0. The number of halogens is 1. The predicted octanol–water partition coefficient (Wildman–Crippen LogP) is 3.59. The standard InChI is InChI=1S/C14H22ClNO3S/c1-4-5-8-16(12-6-7-12)20(17,18)14-11(3)19-10(2)13(14)9-15/h12H,4-9H2,1-3H3. The molecule has 1 aliphatic rings. The van der Waals surface area contributed by atoms with Crippen LogP contribution in [-0.2, 0) is 15.9 Å². The van der Waals surface area contributed by atoms with Gasteiger partial charge < -0.3 is 4.42 Å². The Hall–Kier alpha value is -0.520. The number of unbranched alkanes of at least 4 members (excludes halogenated alkanes) is 1. The van der Waals surface area contributed by atoms with E-state index in [1.165, 1.54) is 0 Å². The molecule has 0 N–H and O–H groups in total. The van der Waals surface area contributed by atoms with Crippen molar-refractivity contribution < 1.29 is 12.8 Å². The second-order valence-corrected chi connectivity index (χ2v) is 7.45. The fourth-order valence-corrected chi connectivity index (χ4v) is 5.04. The molecular formula is C14H22ClNO3S. The smallest absolute Gasteiger partial charge is 0.247 e. The molecule has 6 heteroatoms. The van der Waals surface area contributed by atoms with E-state index in [9.17, 15) is 8.42 Å². The zero-order chi connectivity index (χ0) is 14.9. The number of alkyl halides is 1. The predicted molar refractivity (Wildman–Crippen MR) is 79.6 cm³/mol. The van der Waals surface area contributed by atoms with Crippen LogP contribution in [0.5, 0.6) is 0 Å². The third kappa shape index (κ3) is 2.90. The summed E-state index contributed by atoms with van der Waals surface area (Å²) in [5.74, 6) is 1.20. The fourth-order valence-electron chi connectivity index (χ4n) is 2.49. The van der Waals surface area contributed by atoms with Gasteiger partial charge in [-0.05, 0) is 33.1 Å². The maximum Gasteiger partial charge on any atom is 0.247 e. The summed E-state index contributed by atoms with van der Waals surface area (Å²) < 4.78 is 33.0. The molecule has 1 saturated carbocycles. The van der Waals surface area contributed by atoms with E-state index in [0.29, 0.717) is 23.6 Å². The maximum absolute atomic E-state index is 12.9. The lowest BCUT2D eigenvalue weighted by Crippen LogP contribution is -2.34. The van der Waals surface area contributed by atoms with Crippen LogP contribution in [0, 0.1) is 13.8 Å². The highest BCUT2D eigenvalue weighted by atomic mass is 35.5.